The lowest BCUT2D eigenvalue weighted by molar-refractivity contribution is 1.18. The van der Waals surface area contributed by atoms with Gasteiger partial charge in [0, 0.05) is 10.6 Å². The highest BCUT2D eigenvalue weighted by molar-refractivity contribution is 6.30. The number of halogens is 1. The molecule has 0 fully saturated rings. The number of hydrogen-bond donors (Lipinski definition) is 1. The minimum atomic E-state index is 0.558. The van der Waals surface area contributed by atoms with E-state index in [1.807, 2.05) is 12.1 Å². The zero-order valence-electron chi connectivity index (χ0n) is 7.31. The van der Waals surface area contributed by atoms with Gasteiger partial charge in [-0.2, -0.15) is 0 Å². The molecule has 0 radical (unpaired) electrons. The van der Waals surface area contributed by atoms with Gasteiger partial charge >= 0.3 is 0 Å². The summed E-state index contributed by atoms with van der Waals surface area (Å²) in [6.07, 6.45) is 3.16. The summed E-state index contributed by atoms with van der Waals surface area (Å²) in [5.74, 6) is 0.649. The molecule has 2 aromatic rings. The summed E-state index contributed by atoms with van der Waals surface area (Å²) in [5.41, 5.74) is 6.97. The number of hydrogen-bond acceptors (Lipinski definition) is 3. The maximum atomic E-state index is 5.76. The standard InChI is InChI=1S/C10H8ClN3/c11-8-3-1-7(2-4-8)10-13-5-9(12)6-14-10/h1-6H,12H2. The van der Waals surface area contributed by atoms with Crippen LogP contribution < -0.4 is 5.73 Å². The van der Waals surface area contributed by atoms with Crippen LogP contribution in [0.15, 0.2) is 36.7 Å². The molecule has 1 aromatic carbocycles. The Morgan fingerprint density at radius 1 is 1.00 bits per heavy atom. The fourth-order valence-electron chi connectivity index (χ4n) is 1.09. The molecule has 0 amide bonds. The third-order valence-electron chi connectivity index (χ3n) is 1.77. The number of nitrogens with zero attached hydrogens (tertiary/aromatic N) is 2. The van der Waals surface area contributed by atoms with E-state index in [4.69, 9.17) is 17.3 Å². The molecule has 4 heteroatoms. The first-order valence-electron chi connectivity index (χ1n) is 4.09. The van der Waals surface area contributed by atoms with Gasteiger partial charge in [0.1, 0.15) is 0 Å². The number of aromatic nitrogens is 2. The third kappa shape index (κ3) is 1.83. The lowest BCUT2D eigenvalue weighted by Crippen LogP contribution is -1.91. The Bertz CT molecular complexity index is 379. The molecule has 0 atom stereocenters. The van der Waals surface area contributed by atoms with Crippen molar-refractivity contribution in [1.29, 1.82) is 0 Å². The first kappa shape index (κ1) is 8.97. The second kappa shape index (κ2) is 3.64. The second-order valence-electron chi connectivity index (χ2n) is 2.85. The van der Waals surface area contributed by atoms with Gasteiger partial charge < -0.3 is 5.73 Å². The predicted octanol–water partition coefficient (Wildman–Crippen LogP) is 2.38. The molecule has 0 unspecified atom stereocenters. The fraction of sp³-hybridized carbons (Fsp3) is 0. The highest BCUT2D eigenvalue weighted by atomic mass is 35.5. The maximum Gasteiger partial charge on any atom is 0.159 e. The van der Waals surface area contributed by atoms with Crippen LogP contribution in [0.1, 0.15) is 0 Å². The van der Waals surface area contributed by atoms with E-state index in [-0.39, 0.29) is 0 Å². The van der Waals surface area contributed by atoms with Crippen LogP contribution in [-0.4, -0.2) is 9.97 Å². The lowest BCUT2D eigenvalue weighted by Gasteiger charge is -1.99. The Hall–Kier alpha value is -1.61. The molecule has 2 rings (SSSR count). The lowest BCUT2D eigenvalue weighted by atomic mass is 10.2. The molecule has 3 nitrogen and oxygen atoms in total. The first-order valence-corrected chi connectivity index (χ1v) is 4.47. The van der Waals surface area contributed by atoms with Gasteiger partial charge in [0.15, 0.2) is 5.82 Å². The molecular formula is C10H8ClN3. The van der Waals surface area contributed by atoms with Gasteiger partial charge in [-0.3, -0.25) is 0 Å². The van der Waals surface area contributed by atoms with E-state index < -0.39 is 0 Å². The molecule has 0 bridgehead atoms. The van der Waals surface area contributed by atoms with Crippen molar-refractivity contribution >= 4 is 17.3 Å². The molecular weight excluding hydrogens is 198 g/mol. The average molecular weight is 206 g/mol. The molecule has 0 aliphatic carbocycles. The molecule has 2 N–H and O–H groups in total. The van der Waals surface area contributed by atoms with Crippen LogP contribution >= 0.6 is 11.6 Å². The molecule has 1 heterocycles. The van der Waals surface area contributed by atoms with Crippen LogP contribution in [0.3, 0.4) is 0 Å². The number of nitrogen functional groups attached to an aromatic ring is 1. The van der Waals surface area contributed by atoms with E-state index in [1.165, 1.54) is 0 Å². The van der Waals surface area contributed by atoms with Crippen LogP contribution in [-0.2, 0) is 0 Å². The fourth-order valence-corrected chi connectivity index (χ4v) is 1.21. The summed E-state index contributed by atoms with van der Waals surface area (Å²) < 4.78 is 0. The minimum Gasteiger partial charge on any atom is -0.396 e. The molecule has 0 aliphatic rings. The quantitative estimate of drug-likeness (QED) is 0.778. The molecule has 0 aliphatic heterocycles. The topological polar surface area (TPSA) is 51.8 Å². The van der Waals surface area contributed by atoms with E-state index in [2.05, 4.69) is 9.97 Å². The molecule has 0 spiro atoms. The van der Waals surface area contributed by atoms with Gasteiger partial charge in [0.05, 0.1) is 18.1 Å². The smallest absolute Gasteiger partial charge is 0.159 e. The van der Waals surface area contributed by atoms with Gasteiger partial charge in [-0.05, 0) is 24.3 Å². The molecule has 14 heavy (non-hydrogen) atoms. The first-order chi connectivity index (χ1) is 6.75. The van der Waals surface area contributed by atoms with Crippen molar-refractivity contribution < 1.29 is 0 Å². The number of rotatable bonds is 1. The highest BCUT2D eigenvalue weighted by Crippen LogP contribution is 2.17. The van der Waals surface area contributed by atoms with Crippen molar-refractivity contribution in [2.24, 2.45) is 0 Å². The van der Waals surface area contributed by atoms with Crippen molar-refractivity contribution in [3.8, 4) is 11.4 Å². The van der Waals surface area contributed by atoms with Crippen molar-refractivity contribution in [2.75, 3.05) is 5.73 Å². The summed E-state index contributed by atoms with van der Waals surface area (Å²) in [4.78, 5) is 8.20. The normalized spacial score (nSPS) is 10.1. The van der Waals surface area contributed by atoms with Gasteiger partial charge in [-0.1, -0.05) is 11.6 Å². The Balaban J connectivity index is 2.40. The Labute approximate surface area is 86.6 Å². The largest absolute Gasteiger partial charge is 0.396 e. The monoisotopic (exact) mass is 205 g/mol. The molecule has 0 saturated carbocycles. The van der Waals surface area contributed by atoms with E-state index in [0.717, 1.165) is 5.56 Å². The van der Waals surface area contributed by atoms with Crippen molar-refractivity contribution in [3.63, 3.8) is 0 Å². The van der Waals surface area contributed by atoms with Crippen molar-refractivity contribution in [1.82, 2.24) is 9.97 Å². The summed E-state index contributed by atoms with van der Waals surface area (Å²) in [7, 11) is 0. The van der Waals surface area contributed by atoms with Crippen LogP contribution in [0.4, 0.5) is 5.69 Å². The van der Waals surface area contributed by atoms with Gasteiger partial charge in [-0.25, -0.2) is 9.97 Å². The summed E-state index contributed by atoms with van der Waals surface area (Å²) in [6.45, 7) is 0. The summed E-state index contributed by atoms with van der Waals surface area (Å²) in [5, 5.41) is 0.698. The van der Waals surface area contributed by atoms with Crippen LogP contribution in [0.25, 0.3) is 11.4 Å². The van der Waals surface area contributed by atoms with Crippen LogP contribution in [0.5, 0.6) is 0 Å². The van der Waals surface area contributed by atoms with Gasteiger partial charge in [0.25, 0.3) is 0 Å². The van der Waals surface area contributed by atoms with Crippen molar-refractivity contribution in [2.45, 2.75) is 0 Å². The van der Waals surface area contributed by atoms with Crippen LogP contribution in [0.2, 0.25) is 5.02 Å². The Kier molecular flexibility index (Phi) is 2.33. The van der Waals surface area contributed by atoms with E-state index in [0.29, 0.717) is 16.5 Å². The maximum absolute atomic E-state index is 5.76. The average Bonchev–Trinajstić information content (AvgIpc) is 2.21. The van der Waals surface area contributed by atoms with E-state index in [1.54, 1.807) is 24.5 Å². The molecule has 70 valence electrons. The second-order valence-corrected chi connectivity index (χ2v) is 3.28. The number of nitrogens with two attached hydrogens (primary N) is 1. The van der Waals surface area contributed by atoms with Gasteiger partial charge in [-0.15, -0.1) is 0 Å². The summed E-state index contributed by atoms with van der Waals surface area (Å²) in [6, 6.07) is 7.34. The zero-order chi connectivity index (χ0) is 9.97. The van der Waals surface area contributed by atoms with Gasteiger partial charge in [0.2, 0.25) is 0 Å². The predicted molar refractivity (Wildman–Crippen MR) is 56.9 cm³/mol. The third-order valence-corrected chi connectivity index (χ3v) is 2.03. The molecule has 1 aromatic heterocycles. The van der Waals surface area contributed by atoms with Crippen molar-refractivity contribution in [3.05, 3.63) is 41.7 Å². The van der Waals surface area contributed by atoms with Crippen LogP contribution in [0, 0.1) is 0 Å². The Morgan fingerprint density at radius 3 is 2.14 bits per heavy atom. The minimum absolute atomic E-state index is 0.558. The van der Waals surface area contributed by atoms with E-state index in [9.17, 15) is 0 Å². The SMILES string of the molecule is Nc1cnc(-c2ccc(Cl)cc2)nc1. The number of benzene rings is 1. The summed E-state index contributed by atoms with van der Waals surface area (Å²) >= 11 is 5.76. The molecule has 0 saturated heterocycles. The highest BCUT2D eigenvalue weighted by Gasteiger charge is 1.99. The zero-order valence-corrected chi connectivity index (χ0v) is 8.07. The van der Waals surface area contributed by atoms with E-state index >= 15 is 0 Å². The number of anilines is 1. The Morgan fingerprint density at radius 2 is 1.57 bits per heavy atom.